The van der Waals surface area contributed by atoms with Crippen LogP contribution in [-0.2, 0) is 4.79 Å². The smallest absolute Gasteiger partial charge is 0.219 e. The standard InChI is InChI=1S/C16H27NO/c1-5-10-17(15(4)18)11-6-7-16-9-8-13(2)12-14(16)3/h6-8,14,16H,5,9-12H2,1-4H3. The summed E-state index contributed by atoms with van der Waals surface area (Å²) in [6.45, 7) is 9.92. The monoisotopic (exact) mass is 249 g/mol. The molecule has 18 heavy (non-hydrogen) atoms. The largest absolute Gasteiger partial charge is 0.339 e. The van der Waals surface area contributed by atoms with Crippen LogP contribution in [-0.4, -0.2) is 23.9 Å². The molecule has 2 heteroatoms. The Bertz CT molecular complexity index is 330. The average molecular weight is 249 g/mol. The van der Waals surface area contributed by atoms with Crippen molar-refractivity contribution in [2.75, 3.05) is 13.1 Å². The van der Waals surface area contributed by atoms with Gasteiger partial charge in [0, 0.05) is 20.0 Å². The molecule has 0 saturated heterocycles. The third-order valence-electron chi connectivity index (χ3n) is 3.76. The molecule has 0 aromatic rings. The first-order valence-corrected chi connectivity index (χ1v) is 7.12. The van der Waals surface area contributed by atoms with Gasteiger partial charge in [0.1, 0.15) is 0 Å². The summed E-state index contributed by atoms with van der Waals surface area (Å²) >= 11 is 0. The Kier molecular flexibility index (Phi) is 6.17. The second-order valence-corrected chi connectivity index (χ2v) is 5.52. The van der Waals surface area contributed by atoms with Gasteiger partial charge in [0.15, 0.2) is 0 Å². The Balaban J connectivity index is 2.46. The van der Waals surface area contributed by atoms with E-state index in [9.17, 15) is 4.79 Å². The highest BCUT2D eigenvalue weighted by atomic mass is 16.2. The van der Waals surface area contributed by atoms with E-state index in [0.29, 0.717) is 5.92 Å². The maximum Gasteiger partial charge on any atom is 0.219 e. The summed E-state index contributed by atoms with van der Waals surface area (Å²) in [5, 5.41) is 0. The van der Waals surface area contributed by atoms with E-state index >= 15 is 0 Å². The predicted molar refractivity (Wildman–Crippen MR) is 77.3 cm³/mol. The van der Waals surface area contributed by atoms with Crippen molar-refractivity contribution in [1.29, 1.82) is 0 Å². The second-order valence-electron chi connectivity index (χ2n) is 5.52. The number of allylic oxidation sites excluding steroid dienone is 3. The average Bonchev–Trinajstić information content (AvgIpc) is 2.30. The van der Waals surface area contributed by atoms with Gasteiger partial charge in [-0.1, -0.05) is 37.6 Å². The molecule has 2 atom stereocenters. The van der Waals surface area contributed by atoms with Gasteiger partial charge in [-0.3, -0.25) is 4.79 Å². The van der Waals surface area contributed by atoms with Gasteiger partial charge in [0.25, 0.3) is 0 Å². The number of carbonyl (C=O) groups is 1. The van der Waals surface area contributed by atoms with Crippen LogP contribution in [0.5, 0.6) is 0 Å². The first-order chi connectivity index (χ1) is 8.54. The zero-order valence-corrected chi connectivity index (χ0v) is 12.3. The van der Waals surface area contributed by atoms with Crippen LogP contribution in [0.4, 0.5) is 0 Å². The summed E-state index contributed by atoms with van der Waals surface area (Å²) in [5.41, 5.74) is 1.52. The number of hydrogen-bond donors (Lipinski definition) is 0. The van der Waals surface area contributed by atoms with Crippen molar-refractivity contribution in [3.05, 3.63) is 23.8 Å². The van der Waals surface area contributed by atoms with Crippen LogP contribution in [0, 0.1) is 11.8 Å². The lowest BCUT2D eigenvalue weighted by atomic mass is 9.81. The van der Waals surface area contributed by atoms with E-state index in [1.807, 2.05) is 4.90 Å². The molecule has 0 spiro atoms. The van der Waals surface area contributed by atoms with Gasteiger partial charge in [0.05, 0.1) is 0 Å². The molecule has 2 unspecified atom stereocenters. The van der Waals surface area contributed by atoms with Crippen LogP contribution in [0.1, 0.15) is 47.0 Å². The van der Waals surface area contributed by atoms with E-state index < -0.39 is 0 Å². The molecule has 0 heterocycles. The second kappa shape index (κ2) is 7.40. The molecule has 0 aromatic carbocycles. The highest BCUT2D eigenvalue weighted by Crippen LogP contribution is 2.29. The van der Waals surface area contributed by atoms with Gasteiger partial charge < -0.3 is 4.90 Å². The molecule has 0 aliphatic heterocycles. The Hall–Kier alpha value is -1.05. The molecule has 1 aliphatic rings. The van der Waals surface area contributed by atoms with E-state index in [0.717, 1.165) is 31.8 Å². The fourth-order valence-electron chi connectivity index (χ4n) is 2.59. The quantitative estimate of drug-likeness (QED) is 0.679. The molecular weight excluding hydrogens is 222 g/mol. The van der Waals surface area contributed by atoms with Crippen LogP contribution in [0.15, 0.2) is 23.8 Å². The van der Waals surface area contributed by atoms with Crippen molar-refractivity contribution in [3.8, 4) is 0 Å². The van der Waals surface area contributed by atoms with Gasteiger partial charge in [0.2, 0.25) is 5.91 Å². The lowest BCUT2D eigenvalue weighted by molar-refractivity contribution is -0.128. The van der Waals surface area contributed by atoms with E-state index in [2.05, 4.69) is 39.0 Å². The molecule has 102 valence electrons. The molecule has 0 N–H and O–H groups in total. The Morgan fingerprint density at radius 2 is 2.28 bits per heavy atom. The molecule has 0 bridgehead atoms. The fraction of sp³-hybridized carbons (Fsp3) is 0.688. The van der Waals surface area contributed by atoms with Crippen molar-refractivity contribution >= 4 is 5.91 Å². The highest BCUT2D eigenvalue weighted by molar-refractivity contribution is 5.73. The van der Waals surface area contributed by atoms with E-state index in [1.54, 1.807) is 6.92 Å². The molecule has 1 rings (SSSR count). The van der Waals surface area contributed by atoms with Crippen molar-refractivity contribution in [2.45, 2.75) is 47.0 Å². The minimum absolute atomic E-state index is 0.175. The van der Waals surface area contributed by atoms with Crippen LogP contribution in [0.3, 0.4) is 0 Å². The zero-order chi connectivity index (χ0) is 13.5. The van der Waals surface area contributed by atoms with Crippen molar-refractivity contribution in [2.24, 2.45) is 11.8 Å². The normalized spacial score (nSPS) is 24.1. The van der Waals surface area contributed by atoms with Crippen LogP contribution < -0.4 is 0 Å². The van der Waals surface area contributed by atoms with Gasteiger partial charge >= 0.3 is 0 Å². The number of hydrogen-bond acceptors (Lipinski definition) is 1. The molecule has 0 fully saturated rings. The Morgan fingerprint density at radius 1 is 1.56 bits per heavy atom. The van der Waals surface area contributed by atoms with Gasteiger partial charge in [-0.05, 0) is 38.0 Å². The third-order valence-corrected chi connectivity index (χ3v) is 3.76. The molecule has 1 aliphatic carbocycles. The minimum Gasteiger partial charge on any atom is -0.339 e. The number of carbonyl (C=O) groups excluding carboxylic acids is 1. The maximum absolute atomic E-state index is 11.4. The van der Waals surface area contributed by atoms with Crippen molar-refractivity contribution in [3.63, 3.8) is 0 Å². The Labute approximate surface area is 112 Å². The summed E-state index contributed by atoms with van der Waals surface area (Å²) in [4.78, 5) is 13.3. The SMILES string of the molecule is CCCN(CC=CC1CC=C(C)CC1C)C(C)=O. The van der Waals surface area contributed by atoms with Crippen LogP contribution in [0.25, 0.3) is 0 Å². The van der Waals surface area contributed by atoms with E-state index in [1.165, 1.54) is 12.0 Å². The van der Waals surface area contributed by atoms with Gasteiger partial charge in [-0.15, -0.1) is 0 Å². The first kappa shape index (κ1) is 15.0. The lowest BCUT2D eigenvalue weighted by Gasteiger charge is -2.25. The topological polar surface area (TPSA) is 20.3 Å². The van der Waals surface area contributed by atoms with Gasteiger partial charge in [-0.2, -0.15) is 0 Å². The van der Waals surface area contributed by atoms with Crippen molar-refractivity contribution < 1.29 is 4.79 Å². The maximum atomic E-state index is 11.4. The van der Waals surface area contributed by atoms with Crippen LogP contribution >= 0.6 is 0 Å². The summed E-state index contributed by atoms with van der Waals surface area (Å²) in [6.07, 6.45) is 10.2. The third kappa shape index (κ3) is 4.67. The molecule has 0 saturated carbocycles. The number of nitrogens with zero attached hydrogens (tertiary/aromatic N) is 1. The van der Waals surface area contributed by atoms with Crippen molar-refractivity contribution in [1.82, 2.24) is 4.90 Å². The number of amides is 1. The summed E-state index contributed by atoms with van der Waals surface area (Å²) in [7, 11) is 0. The lowest BCUT2D eigenvalue weighted by Crippen LogP contribution is -2.29. The molecule has 0 radical (unpaired) electrons. The predicted octanol–water partition coefficient (Wildman–Crippen LogP) is 3.79. The number of rotatable bonds is 5. The van der Waals surface area contributed by atoms with E-state index in [-0.39, 0.29) is 5.91 Å². The fourth-order valence-corrected chi connectivity index (χ4v) is 2.59. The molecule has 0 aromatic heterocycles. The zero-order valence-electron chi connectivity index (χ0n) is 12.3. The minimum atomic E-state index is 0.175. The van der Waals surface area contributed by atoms with Gasteiger partial charge in [-0.25, -0.2) is 0 Å². The highest BCUT2D eigenvalue weighted by Gasteiger charge is 2.17. The molecule has 2 nitrogen and oxygen atoms in total. The van der Waals surface area contributed by atoms with Crippen LogP contribution in [0.2, 0.25) is 0 Å². The van der Waals surface area contributed by atoms with E-state index in [4.69, 9.17) is 0 Å². The summed E-state index contributed by atoms with van der Waals surface area (Å²) in [6, 6.07) is 0. The first-order valence-electron chi connectivity index (χ1n) is 7.12. The molecule has 1 amide bonds. The summed E-state index contributed by atoms with van der Waals surface area (Å²) < 4.78 is 0. The molecular formula is C16H27NO. The Morgan fingerprint density at radius 3 is 2.83 bits per heavy atom. The summed E-state index contributed by atoms with van der Waals surface area (Å²) in [5.74, 6) is 1.54.